The van der Waals surface area contributed by atoms with Crippen LogP contribution in [0.2, 0.25) is 0 Å². The van der Waals surface area contributed by atoms with Crippen molar-refractivity contribution in [3.63, 3.8) is 0 Å². The molecule has 0 aliphatic heterocycles. The molecule has 50 heavy (non-hydrogen) atoms. The fourth-order valence-electron chi connectivity index (χ4n) is 5.78. The number of rotatable bonds is 18. The number of imidazole rings is 1. The monoisotopic (exact) mass is 715 g/mol. The van der Waals surface area contributed by atoms with Crippen LogP contribution in [0.4, 0.5) is 17.6 Å². The second-order valence-electron chi connectivity index (χ2n) is 11.8. The van der Waals surface area contributed by atoms with Crippen LogP contribution in [0, 0.1) is 30.2 Å². The largest absolute Gasteiger partial charge is 0.382 e. The number of halogens is 4. The Labute approximate surface area is 293 Å². The molecule has 0 fully saturated rings. The number of nitrogens with zero attached hydrogens (tertiary/aromatic N) is 2. The van der Waals surface area contributed by atoms with Gasteiger partial charge in [-0.15, -0.1) is 0 Å². The molecule has 268 valence electrons. The number of hydrogen-bond donors (Lipinski definition) is 1. The van der Waals surface area contributed by atoms with Crippen molar-refractivity contribution in [2.24, 2.45) is 0 Å². The Kier molecular flexibility index (Phi) is 13.9. The molecule has 5 rings (SSSR count). The lowest BCUT2D eigenvalue weighted by molar-refractivity contribution is 0.00414. The molecule has 1 atom stereocenters. The van der Waals surface area contributed by atoms with Crippen LogP contribution in [0.25, 0.3) is 5.69 Å². The number of hydrogen-bond acceptors (Lipinski definition) is 7. The number of amides is 1. The number of carbonyl (C=O) groups is 1. The summed E-state index contributed by atoms with van der Waals surface area (Å²) in [6.07, 6.45) is 2.36. The molecule has 4 aromatic rings. The van der Waals surface area contributed by atoms with Crippen molar-refractivity contribution < 1.29 is 41.3 Å². The van der Waals surface area contributed by atoms with E-state index in [-0.39, 0.29) is 41.8 Å². The van der Waals surface area contributed by atoms with Gasteiger partial charge in [-0.25, -0.2) is 22.5 Å². The lowest BCUT2D eigenvalue weighted by atomic mass is 9.83. The van der Waals surface area contributed by atoms with Gasteiger partial charge in [0.05, 0.1) is 57.6 Å². The number of carbonyl (C=O) groups excluding carboxylic acids is 1. The predicted octanol–water partition coefficient (Wildman–Crippen LogP) is 6.92. The van der Waals surface area contributed by atoms with E-state index in [0.717, 1.165) is 53.7 Å². The van der Waals surface area contributed by atoms with Crippen LogP contribution in [0.1, 0.15) is 57.2 Å². The molecule has 0 spiro atoms. The van der Waals surface area contributed by atoms with Gasteiger partial charge in [0.25, 0.3) is 5.91 Å². The highest BCUT2D eigenvalue weighted by atomic mass is 32.2. The number of benzene rings is 3. The first-order chi connectivity index (χ1) is 24.3. The molecule has 0 saturated carbocycles. The summed E-state index contributed by atoms with van der Waals surface area (Å²) in [6, 6.07) is 13.1. The first kappa shape index (κ1) is 37.5. The van der Waals surface area contributed by atoms with Crippen molar-refractivity contribution in [1.29, 1.82) is 0 Å². The summed E-state index contributed by atoms with van der Waals surface area (Å²) < 4.78 is 81.6. The van der Waals surface area contributed by atoms with Gasteiger partial charge < -0.3 is 24.3 Å². The number of aryl methyl sites for hydroxylation is 2. The van der Waals surface area contributed by atoms with Gasteiger partial charge in [-0.2, -0.15) is 0 Å². The zero-order chi connectivity index (χ0) is 35.5. The van der Waals surface area contributed by atoms with Crippen molar-refractivity contribution in [3.05, 3.63) is 112 Å². The summed E-state index contributed by atoms with van der Waals surface area (Å²) in [5.74, 6) is -3.24. The average molecular weight is 716 g/mol. The standard InChI is InChI=1S/C37H41F4N3O5S/c1-24-20-25(6-11-31(24)39)29-4-3-5-34-35(29)44(28-9-7-27(38)8-10-28)37(43-34)50-23-30-32(40)21-26(22-33(30)41)36(45)42-12-13-47-16-17-49-19-18-48-15-14-46-2/h6-11,20-22,29H,3-5,12-19,23H2,1-2H3,(H,42,45). The molecule has 0 bridgehead atoms. The van der Waals surface area contributed by atoms with Crippen LogP contribution in [0.15, 0.2) is 59.8 Å². The second kappa shape index (κ2) is 18.5. The molecule has 1 aromatic heterocycles. The maximum Gasteiger partial charge on any atom is 0.251 e. The third-order valence-electron chi connectivity index (χ3n) is 8.32. The molecule has 13 heteroatoms. The normalized spacial score (nSPS) is 14.2. The topological polar surface area (TPSA) is 83.8 Å². The van der Waals surface area contributed by atoms with Gasteiger partial charge in [-0.1, -0.05) is 23.9 Å². The van der Waals surface area contributed by atoms with E-state index < -0.39 is 23.4 Å². The average Bonchev–Trinajstić information content (AvgIpc) is 3.48. The SMILES string of the molecule is COCCOCCOCCOCCNC(=O)c1cc(F)c(CSc2nc3c(n2-c2ccc(F)cc2)C(c2ccc(F)c(C)c2)CCC3)c(F)c1. The van der Waals surface area contributed by atoms with E-state index in [1.807, 2.05) is 10.6 Å². The Morgan fingerprint density at radius 3 is 2.20 bits per heavy atom. The molecule has 1 amide bonds. The lowest BCUT2D eigenvalue weighted by Crippen LogP contribution is -2.28. The fraction of sp³-hybridized carbons (Fsp3) is 0.405. The second-order valence-corrected chi connectivity index (χ2v) is 12.7. The Balaban J connectivity index is 1.22. The Morgan fingerprint density at radius 2 is 1.54 bits per heavy atom. The number of nitrogens with one attached hydrogen (secondary N) is 1. The van der Waals surface area contributed by atoms with Gasteiger partial charge >= 0.3 is 0 Å². The maximum atomic E-state index is 15.3. The Bertz CT molecular complexity index is 1710. The molecule has 1 heterocycles. The third kappa shape index (κ3) is 9.73. The summed E-state index contributed by atoms with van der Waals surface area (Å²) in [6.45, 7) is 4.64. The van der Waals surface area contributed by atoms with Crippen LogP contribution < -0.4 is 5.32 Å². The summed E-state index contributed by atoms with van der Waals surface area (Å²) in [7, 11) is 1.60. The molecular weight excluding hydrogens is 674 g/mol. The lowest BCUT2D eigenvalue weighted by Gasteiger charge is -2.25. The van der Waals surface area contributed by atoms with E-state index in [9.17, 15) is 13.6 Å². The molecule has 1 unspecified atom stereocenters. The van der Waals surface area contributed by atoms with E-state index in [1.165, 1.54) is 18.2 Å². The number of thioether (sulfide) groups is 1. The van der Waals surface area contributed by atoms with Crippen molar-refractivity contribution in [2.75, 3.05) is 59.9 Å². The van der Waals surface area contributed by atoms with Crippen LogP contribution in [-0.2, 0) is 31.1 Å². The van der Waals surface area contributed by atoms with E-state index in [2.05, 4.69) is 5.32 Å². The first-order valence-corrected chi connectivity index (χ1v) is 17.5. The molecule has 3 aromatic carbocycles. The quantitative estimate of drug-likeness (QED) is 0.0681. The van der Waals surface area contributed by atoms with E-state index >= 15 is 8.78 Å². The predicted molar refractivity (Wildman–Crippen MR) is 182 cm³/mol. The zero-order valence-corrected chi connectivity index (χ0v) is 28.9. The van der Waals surface area contributed by atoms with Crippen molar-refractivity contribution in [1.82, 2.24) is 14.9 Å². The number of ether oxygens (including phenoxy) is 4. The van der Waals surface area contributed by atoms with Crippen LogP contribution in [-0.4, -0.2) is 75.4 Å². The van der Waals surface area contributed by atoms with Gasteiger partial charge in [0.2, 0.25) is 0 Å². The van der Waals surface area contributed by atoms with Gasteiger partial charge in [0, 0.05) is 42.1 Å². The zero-order valence-electron chi connectivity index (χ0n) is 28.1. The summed E-state index contributed by atoms with van der Waals surface area (Å²) >= 11 is 1.15. The fourth-order valence-corrected chi connectivity index (χ4v) is 6.84. The maximum absolute atomic E-state index is 15.3. The van der Waals surface area contributed by atoms with Gasteiger partial charge in [-0.05, 0) is 79.8 Å². The summed E-state index contributed by atoms with van der Waals surface area (Å²) in [5, 5.41) is 3.10. The van der Waals surface area contributed by atoms with E-state index in [0.29, 0.717) is 62.5 Å². The van der Waals surface area contributed by atoms with E-state index in [1.54, 1.807) is 32.2 Å². The minimum atomic E-state index is -0.855. The Morgan fingerprint density at radius 1 is 0.880 bits per heavy atom. The molecule has 1 aliphatic rings. The highest BCUT2D eigenvalue weighted by Gasteiger charge is 2.31. The smallest absolute Gasteiger partial charge is 0.251 e. The summed E-state index contributed by atoms with van der Waals surface area (Å²) in [5.41, 5.74) is 3.51. The minimum absolute atomic E-state index is 0.105. The van der Waals surface area contributed by atoms with Gasteiger partial charge in [0.1, 0.15) is 23.3 Å². The van der Waals surface area contributed by atoms with Gasteiger partial charge in [0.15, 0.2) is 5.16 Å². The molecule has 0 radical (unpaired) electrons. The number of aromatic nitrogens is 2. The van der Waals surface area contributed by atoms with Crippen molar-refractivity contribution in [2.45, 2.75) is 43.0 Å². The number of fused-ring (bicyclic) bond motifs is 1. The van der Waals surface area contributed by atoms with Crippen molar-refractivity contribution >= 4 is 17.7 Å². The molecular formula is C37H41F4N3O5S. The molecule has 1 N–H and O–H groups in total. The number of methoxy groups -OCH3 is 1. The highest BCUT2D eigenvalue weighted by molar-refractivity contribution is 7.98. The summed E-state index contributed by atoms with van der Waals surface area (Å²) in [4.78, 5) is 17.5. The first-order valence-electron chi connectivity index (χ1n) is 16.5. The molecule has 1 aliphatic carbocycles. The van der Waals surface area contributed by atoms with Crippen LogP contribution in [0.5, 0.6) is 0 Å². The Hall–Kier alpha value is -3.75. The van der Waals surface area contributed by atoms with E-state index in [4.69, 9.17) is 23.9 Å². The van der Waals surface area contributed by atoms with Crippen LogP contribution in [0.3, 0.4) is 0 Å². The molecule has 0 saturated heterocycles. The molecule has 8 nitrogen and oxygen atoms in total. The highest BCUT2D eigenvalue weighted by Crippen LogP contribution is 2.41. The minimum Gasteiger partial charge on any atom is -0.382 e. The van der Waals surface area contributed by atoms with Crippen LogP contribution >= 0.6 is 11.8 Å². The van der Waals surface area contributed by atoms with Gasteiger partial charge in [-0.3, -0.25) is 9.36 Å². The van der Waals surface area contributed by atoms with Crippen molar-refractivity contribution in [3.8, 4) is 5.69 Å². The third-order valence-corrected chi connectivity index (χ3v) is 9.29.